The van der Waals surface area contributed by atoms with E-state index in [1.54, 1.807) is 0 Å². The highest BCUT2D eigenvalue weighted by Crippen LogP contribution is 2.41. The van der Waals surface area contributed by atoms with Gasteiger partial charge in [0.2, 0.25) is 0 Å². The summed E-state index contributed by atoms with van der Waals surface area (Å²) in [5.41, 5.74) is 9.29. The Hall–Kier alpha value is -3.75. The van der Waals surface area contributed by atoms with Crippen molar-refractivity contribution < 1.29 is 0 Å². The molecule has 36 heavy (non-hydrogen) atoms. The number of benzene rings is 4. The minimum Gasteiger partial charge on any atom is -0.294 e. The van der Waals surface area contributed by atoms with Gasteiger partial charge >= 0.3 is 0 Å². The normalized spacial score (nSPS) is 15.2. The Labute approximate surface area is 214 Å². The van der Waals surface area contributed by atoms with Crippen LogP contribution in [0.3, 0.4) is 0 Å². The smallest absolute Gasteiger partial charge is 0.0711 e. The highest BCUT2D eigenvalue weighted by atomic mass is 15.1. The summed E-state index contributed by atoms with van der Waals surface area (Å²) in [6, 6.07) is 41.3. The predicted octanol–water partition coefficient (Wildman–Crippen LogP) is 8.02. The second-order valence-electron chi connectivity index (χ2n) is 9.96. The molecule has 0 saturated heterocycles. The van der Waals surface area contributed by atoms with Crippen LogP contribution in [0.1, 0.15) is 41.1 Å². The average Bonchev–Trinajstić information content (AvgIpc) is 2.94. The lowest BCUT2D eigenvalue weighted by atomic mass is 9.81. The van der Waals surface area contributed by atoms with E-state index in [1.165, 1.54) is 51.7 Å². The molecule has 6 rings (SSSR count). The summed E-state index contributed by atoms with van der Waals surface area (Å²) in [4.78, 5) is 7.94. The SMILES string of the molecule is c1ccc(CN(Cc2ccccc2)CC2CCCc3c2nc2ccccc2c3-c2ccccc2)cc1. The molecule has 0 bridgehead atoms. The number of nitrogens with zero attached hydrogens (tertiary/aromatic N) is 2. The van der Waals surface area contributed by atoms with Crippen LogP contribution in [0, 0.1) is 0 Å². The summed E-state index contributed by atoms with van der Waals surface area (Å²) in [5.74, 6) is 0.424. The van der Waals surface area contributed by atoms with Gasteiger partial charge in [0.1, 0.15) is 0 Å². The molecule has 1 heterocycles. The fraction of sp³-hybridized carbons (Fsp3) is 0.206. The van der Waals surface area contributed by atoms with Crippen molar-refractivity contribution >= 4 is 10.9 Å². The van der Waals surface area contributed by atoms with Gasteiger partial charge < -0.3 is 0 Å². The molecule has 0 saturated carbocycles. The van der Waals surface area contributed by atoms with Gasteiger partial charge in [-0.3, -0.25) is 9.88 Å². The van der Waals surface area contributed by atoms with Crippen LogP contribution in [0.25, 0.3) is 22.0 Å². The first kappa shape index (κ1) is 22.7. The van der Waals surface area contributed by atoms with E-state index in [0.717, 1.165) is 31.6 Å². The van der Waals surface area contributed by atoms with Crippen LogP contribution in [0.2, 0.25) is 0 Å². The molecule has 2 nitrogen and oxygen atoms in total. The number of rotatable bonds is 7. The zero-order valence-electron chi connectivity index (χ0n) is 20.7. The van der Waals surface area contributed by atoms with E-state index in [4.69, 9.17) is 4.98 Å². The summed E-state index contributed by atoms with van der Waals surface area (Å²) in [5, 5.41) is 1.27. The average molecular weight is 469 g/mol. The van der Waals surface area contributed by atoms with Crippen LogP contribution in [0.5, 0.6) is 0 Å². The van der Waals surface area contributed by atoms with E-state index in [9.17, 15) is 0 Å². The molecule has 0 aliphatic heterocycles. The van der Waals surface area contributed by atoms with E-state index >= 15 is 0 Å². The van der Waals surface area contributed by atoms with Crippen LogP contribution in [0.4, 0.5) is 0 Å². The molecule has 0 fully saturated rings. The van der Waals surface area contributed by atoms with Crippen molar-refractivity contribution in [3.05, 3.63) is 138 Å². The molecule has 1 unspecified atom stereocenters. The molecular weight excluding hydrogens is 436 g/mol. The Kier molecular flexibility index (Phi) is 6.60. The molecule has 1 aromatic heterocycles. The molecule has 1 aliphatic carbocycles. The lowest BCUT2D eigenvalue weighted by Gasteiger charge is -2.32. The fourth-order valence-electron chi connectivity index (χ4n) is 5.82. The standard InChI is InChI=1S/C34H32N2/c1-4-13-26(14-5-1)23-36(24-27-15-6-2-7-16-27)25-29-19-12-21-31-33(28-17-8-3-9-18-28)30-20-10-11-22-32(30)35-34(29)31/h1-11,13-18,20,22,29H,12,19,21,23-25H2. The minimum absolute atomic E-state index is 0.424. The van der Waals surface area contributed by atoms with Crippen LogP contribution >= 0.6 is 0 Å². The second kappa shape index (κ2) is 10.5. The van der Waals surface area contributed by atoms with Gasteiger partial charge in [0.15, 0.2) is 0 Å². The van der Waals surface area contributed by atoms with Gasteiger partial charge in [0.05, 0.1) is 5.52 Å². The number of hydrogen-bond donors (Lipinski definition) is 0. The third-order valence-electron chi connectivity index (χ3n) is 7.43. The third-order valence-corrected chi connectivity index (χ3v) is 7.43. The molecule has 2 heteroatoms. The van der Waals surface area contributed by atoms with Crippen molar-refractivity contribution in [3.63, 3.8) is 0 Å². The van der Waals surface area contributed by atoms with Crippen LogP contribution < -0.4 is 0 Å². The number of para-hydroxylation sites is 1. The molecule has 0 amide bonds. The van der Waals surface area contributed by atoms with Gasteiger partial charge in [-0.05, 0) is 53.1 Å². The maximum atomic E-state index is 5.32. The first-order valence-electron chi connectivity index (χ1n) is 13.1. The van der Waals surface area contributed by atoms with Crippen molar-refractivity contribution in [2.45, 2.75) is 38.3 Å². The maximum absolute atomic E-state index is 5.32. The molecule has 5 aromatic rings. The first-order valence-corrected chi connectivity index (χ1v) is 13.1. The molecule has 1 atom stereocenters. The quantitative estimate of drug-likeness (QED) is 0.240. The Morgan fingerprint density at radius 1 is 0.667 bits per heavy atom. The van der Waals surface area contributed by atoms with E-state index in [-0.39, 0.29) is 0 Å². The van der Waals surface area contributed by atoms with Crippen molar-refractivity contribution in [3.8, 4) is 11.1 Å². The van der Waals surface area contributed by atoms with Crippen LogP contribution in [0.15, 0.2) is 115 Å². The van der Waals surface area contributed by atoms with Gasteiger partial charge in [0, 0.05) is 36.6 Å². The number of fused-ring (bicyclic) bond motifs is 2. The van der Waals surface area contributed by atoms with Gasteiger partial charge in [-0.2, -0.15) is 0 Å². The lowest BCUT2D eigenvalue weighted by molar-refractivity contribution is 0.230. The fourth-order valence-corrected chi connectivity index (χ4v) is 5.82. The topological polar surface area (TPSA) is 16.1 Å². The van der Waals surface area contributed by atoms with E-state index in [1.807, 2.05) is 0 Å². The highest BCUT2D eigenvalue weighted by molar-refractivity contribution is 5.96. The molecule has 178 valence electrons. The summed E-state index contributed by atoms with van der Waals surface area (Å²) in [7, 11) is 0. The van der Waals surface area contributed by atoms with E-state index in [0.29, 0.717) is 5.92 Å². The summed E-state index contributed by atoms with van der Waals surface area (Å²) >= 11 is 0. The summed E-state index contributed by atoms with van der Waals surface area (Å²) < 4.78 is 0. The number of aromatic nitrogens is 1. The van der Waals surface area contributed by atoms with Crippen molar-refractivity contribution in [2.24, 2.45) is 0 Å². The van der Waals surface area contributed by atoms with Crippen molar-refractivity contribution in [1.29, 1.82) is 0 Å². The molecule has 4 aromatic carbocycles. The molecule has 1 aliphatic rings. The third kappa shape index (κ3) is 4.82. The highest BCUT2D eigenvalue weighted by Gasteiger charge is 2.28. The molecule has 0 radical (unpaired) electrons. The minimum atomic E-state index is 0.424. The second-order valence-corrected chi connectivity index (χ2v) is 9.96. The summed E-state index contributed by atoms with van der Waals surface area (Å²) in [6.45, 7) is 2.90. The monoisotopic (exact) mass is 468 g/mol. The van der Waals surface area contributed by atoms with E-state index < -0.39 is 0 Å². The lowest BCUT2D eigenvalue weighted by Crippen LogP contribution is -2.30. The largest absolute Gasteiger partial charge is 0.294 e. The van der Waals surface area contributed by atoms with Crippen LogP contribution in [-0.4, -0.2) is 16.4 Å². The van der Waals surface area contributed by atoms with E-state index in [2.05, 4.69) is 120 Å². The van der Waals surface area contributed by atoms with Gasteiger partial charge in [-0.25, -0.2) is 0 Å². The van der Waals surface area contributed by atoms with Crippen molar-refractivity contribution in [2.75, 3.05) is 6.54 Å². The Balaban J connectivity index is 1.40. The molecule has 0 N–H and O–H groups in total. The zero-order valence-corrected chi connectivity index (χ0v) is 20.7. The molecular formula is C34H32N2. The number of pyridine rings is 1. The van der Waals surface area contributed by atoms with Gasteiger partial charge in [0.25, 0.3) is 0 Å². The molecule has 0 spiro atoms. The maximum Gasteiger partial charge on any atom is 0.0711 e. The summed E-state index contributed by atoms with van der Waals surface area (Å²) in [6.07, 6.45) is 3.50. The number of hydrogen-bond acceptors (Lipinski definition) is 2. The Bertz CT molecular complexity index is 1390. The Morgan fingerprint density at radius 2 is 1.25 bits per heavy atom. The Morgan fingerprint density at radius 3 is 1.92 bits per heavy atom. The van der Waals surface area contributed by atoms with Crippen LogP contribution in [-0.2, 0) is 19.5 Å². The first-order chi connectivity index (χ1) is 17.8. The predicted molar refractivity (Wildman–Crippen MR) is 150 cm³/mol. The van der Waals surface area contributed by atoms with Crippen molar-refractivity contribution in [1.82, 2.24) is 9.88 Å². The van der Waals surface area contributed by atoms with Gasteiger partial charge in [-0.1, -0.05) is 109 Å². The zero-order chi connectivity index (χ0) is 24.2. The van der Waals surface area contributed by atoms with Gasteiger partial charge in [-0.15, -0.1) is 0 Å².